The number of rotatable bonds is 8. The Morgan fingerprint density at radius 1 is 0.973 bits per heavy atom. The average molecular weight is 527 g/mol. The summed E-state index contributed by atoms with van der Waals surface area (Å²) in [6, 6.07) is 11.7. The Balaban J connectivity index is 1.62. The van der Waals surface area contributed by atoms with Crippen molar-refractivity contribution >= 4 is 27.7 Å². The summed E-state index contributed by atoms with van der Waals surface area (Å²) in [5.74, 6) is 2.23. The van der Waals surface area contributed by atoms with Gasteiger partial charge in [0.15, 0.2) is 17.1 Å². The summed E-state index contributed by atoms with van der Waals surface area (Å²) in [7, 11) is 0.224. The van der Waals surface area contributed by atoms with E-state index >= 15 is 0 Å². The normalized spacial score (nSPS) is 11.3. The van der Waals surface area contributed by atoms with Gasteiger partial charge in [-0.15, -0.1) is 0 Å². The molecule has 0 aliphatic heterocycles. The molecule has 0 unspecified atom stereocenters. The van der Waals surface area contributed by atoms with Crippen molar-refractivity contribution in [3.63, 3.8) is 0 Å². The monoisotopic (exact) mass is 526 g/mol. The second-order valence-corrected chi connectivity index (χ2v) is 9.64. The first-order valence-electron chi connectivity index (χ1n) is 11.1. The molecule has 2 N–H and O–H groups in total. The Morgan fingerprint density at radius 3 is 2.32 bits per heavy atom. The van der Waals surface area contributed by atoms with E-state index in [0.29, 0.717) is 35.5 Å². The summed E-state index contributed by atoms with van der Waals surface area (Å²) in [6.45, 7) is 4.02. The maximum absolute atomic E-state index is 12.2. The minimum Gasteiger partial charge on any atom is -0.493 e. The van der Waals surface area contributed by atoms with Crippen molar-refractivity contribution in [2.45, 2.75) is 25.3 Å². The highest BCUT2D eigenvalue weighted by atomic mass is 32.2. The van der Waals surface area contributed by atoms with E-state index < -0.39 is 16.1 Å². The van der Waals surface area contributed by atoms with Gasteiger partial charge in [0.05, 0.1) is 31.9 Å². The highest BCUT2D eigenvalue weighted by Gasteiger charge is 2.20. The average Bonchev–Trinajstić information content (AvgIpc) is 3.22. The largest absolute Gasteiger partial charge is 0.493 e. The van der Waals surface area contributed by atoms with E-state index in [2.05, 4.69) is 25.1 Å². The van der Waals surface area contributed by atoms with Crippen LogP contribution in [0.3, 0.4) is 0 Å². The molecule has 0 atom stereocenters. The van der Waals surface area contributed by atoms with Crippen LogP contribution in [0.4, 0.5) is 10.7 Å². The van der Waals surface area contributed by atoms with Crippen LogP contribution in [0.25, 0.3) is 16.8 Å². The predicted molar refractivity (Wildman–Crippen MR) is 135 cm³/mol. The third kappa shape index (κ3) is 5.26. The van der Waals surface area contributed by atoms with Crippen LogP contribution in [-0.4, -0.2) is 55.4 Å². The van der Waals surface area contributed by atoms with Gasteiger partial charge in [0.25, 0.3) is 10.0 Å². The first kappa shape index (κ1) is 25.7. The summed E-state index contributed by atoms with van der Waals surface area (Å²) in [5.41, 5.74) is 3.86. The Kier molecular flexibility index (Phi) is 7.16. The van der Waals surface area contributed by atoms with Gasteiger partial charge in [0, 0.05) is 12.1 Å². The van der Waals surface area contributed by atoms with Crippen molar-refractivity contribution in [2.24, 2.45) is 0 Å². The first-order valence-corrected chi connectivity index (χ1v) is 12.5. The lowest BCUT2D eigenvalue weighted by molar-refractivity contribution is 0.177. The predicted octanol–water partition coefficient (Wildman–Crippen LogP) is 3.08. The second-order valence-electron chi connectivity index (χ2n) is 7.95. The maximum atomic E-state index is 12.2. The van der Waals surface area contributed by atoms with Gasteiger partial charge in [0.2, 0.25) is 5.95 Å². The molecule has 0 aliphatic carbocycles. The Bertz CT molecular complexity index is 1570. The van der Waals surface area contributed by atoms with Gasteiger partial charge in [-0.3, -0.25) is 0 Å². The number of carbonyl (C=O) groups is 1. The van der Waals surface area contributed by atoms with Gasteiger partial charge in [-0.1, -0.05) is 18.2 Å². The molecule has 194 valence electrons. The summed E-state index contributed by atoms with van der Waals surface area (Å²) in [6.07, 6.45) is -1.06. The lowest BCUT2D eigenvalue weighted by Crippen LogP contribution is -2.30. The van der Waals surface area contributed by atoms with Crippen LogP contribution in [0.2, 0.25) is 0 Å². The van der Waals surface area contributed by atoms with E-state index in [1.54, 1.807) is 37.8 Å². The number of nitrogens with zero attached hydrogens (tertiary/aromatic N) is 4. The number of carbonyl (C=O) groups excluding carboxylic acids is 1. The number of anilines is 1. The van der Waals surface area contributed by atoms with Gasteiger partial charge in [-0.2, -0.15) is 14.6 Å². The van der Waals surface area contributed by atoms with Crippen molar-refractivity contribution in [2.75, 3.05) is 26.6 Å². The number of aromatic nitrogens is 4. The third-order valence-electron chi connectivity index (χ3n) is 5.53. The smallest absolute Gasteiger partial charge is 0.420 e. The van der Waals surface area contributed by atoms with Crippen LogP contribution in [0, 0.1) is 13.8 Å². The van der Waals surface area contributed by atoms with E-state index in [1.807, 2.05) is 29.8 Å². The lowest BCUT2D eigenvalue weighted by atomic mass is 10.1. The Labute approximate surface area is 213 Å². The highest BCUT2D eigenvalue weighted by Crippen LogP contribution is 2.35. The number of methoxy groups -OCH3 is 3. The molecule has 13 heteroatoms. The maximum Gasteiger partial charge on any atom is 0.420 e. The van der Waals surface area contributed by atoms with E-state index in [-0.39, 0.29) is 4.90 Å². The quantitative estimate of drug-likeness (QED) is 0.351. The number of ether oxygens (including phenoxy) is 3. The molecular formula is C24H26N6O6S. The topological polar surface area (TPSA) is 146 Å². The minimum atomic E-state index is -4.02. The number of sulfonamides is 1. The molecule has 0 saturated carbocycles. The second kappa shape index (κ2) is 10.3. The van der Waals surface area contributed by atoms with Gasteiger partial charge in [0.1, 0.15) is 5.82 Å². The highest BCUT2D eigenvalue weighted by molar-refractivity contribution is 7.90. The zero-order valence-electron chi connectivity index (χ0n) is 20.9. The molecule has 0 aliphatic rings. The molecule has 0 spiro atoms. The molecule has 4 aromatic rings. The lowest BCUT2D eigenvalue weighted by Gasteiger charge is -2.11. The number of fused-ring (bicyclic) bond motifs is 1. The van der Waals surface area contributed by atoms with Crippen LogP contribution >= 0.6 is 0 Å². The van der Waals surface area contributed by atoms with Crippen LogP contribution in [-0.2, 0) is 21.3 Å². The van der Waals surface area contributed by atoms with Crippen LogP contribution in [0.1, 0.15) is 17.1 Å². The van der Waals surface area contributed by atoms with Crippen molar-refractivity contribution in [3.05, 3.63) is 59.5 Å². The van der Waals surface area contributed by atoms with Crippen LogP contribution in [0.5, 0.6) is 11.5 Å². The van der Waals surface area contributed by atoms with Crippen molar-refractivity contribution in [1.82, 2.24) is 24.3 Å². The summed E-state index contributed by atoms with van der Waals surface area (Å²) in [5, 5.41) is 7.89. The van der Waals surface area contributed by atoms with Crippen molar-refractivity contribution in [3.8, 4) is 22.6 Å². The molecule has 4 rings (SSSR count). The Hall–Kier alpha value is -4.39. The Morgan fingerprint density at radius 2 is 1.68 bits per heavy atom. The van der Waals surface area contributed by atoms with Crippen LogP contribution in [0.15, 0.2) is 47.4 Å². The van der Waals surface area contributed by atoms with E-state index in [4.69, 9.17) is 9.47 Å². The van der Waals surface area contributed by atoms with Crippen LogP contribution < -0.4 is 19.5 Å². The first-order chi connectivity index (χ1) is 17.7. The fourth-order valence-electron chi connectivity index (χ4n) is 3.77. The SMILES string of the molecule is COC(=O)NS(=O)(=O)c1ccc(CNc2nc(C)nc3c(-c4ccc(OC)c(OC)c4)c(C)nn23)cc1. The zero-order valence-corrected chi connectivity index (χ0v) is 21.7. The third-order valence-corrected chi connectivity index (χ3v) is 6.86. The molecule has 2 aromatic carbocycles. The molecule has 0 bridgehead atoms. The number of hydrogen-bond acceptors (Lipinski definition) is 10. The molecule has 2 aromatic heterocycles. The van der Waals surface area contributed by atoms with E-state index in [0.717, 1.165) is 29.5 Å². The zero-order chi connectivity index (χ0) is 26.7. The number of amides is 1. The van der Waals surface area contributed by atoms with Gasteiger partial charge in [-0.05, 0) is 49.2 Å². The van der Waals surface area contributed by atoms with Gasteiger partial charge in [-0.25, -0.2) is 22.9 Å². The standard InChI is InChI=1S/C24H26N6O6S/c1-14-21(17-8-11-19(34-3)20(12-17)35-4)22-26-15(2)27-23(30(22)28-14)25-13-16-6-9-18(10-7-16)37(32,33)29-24(31)36-5/h6-12H,13H2,1-5H3,(H,29,31)(H,25,26,27). The molecule has 37 heavy (non-hydrogen) atoms. The van der Waals surface area contributed by atoms with Gasteiger partial charge >= 0.3 is 6.09 Å². The number of nitrogens with one attached hydrogen (secondary N) is 2. The number of hydrogen-bond donors (Lipinski definition) is 2. The molecule has 12 nitrogen and oxygen atoms in total. The molecule has 0 radical (unpaired) electrons. The van der Waals surface area contributed by atoms with Gasteiger partial charge < -0.3 is 19.5 Å². The van der Waals surface area contributed by atoms with Crippen molar-refractivity contribution < 1.29 is 27.4 Å². The fraction of sp³-hybridized carbons (Fsp3) is 0.250. The fourth-order valence-corrected chi connectivity index (χ4v) is 4.68. The van der Waals surface area contributed by atoms with E-state index in [9.17, 15) is 13.2 Å². The molecular weight excluding hydrogens is 500 g/mol. The number of aryl methyl sites for hydroxylation is 2. The molecule has 1 amide bonds. The molecule has 2 heterocycles. The summed E-state index contributed by atoms with van der Waals surface area (Å²) in [4.78, 5) is 20.3. The summed E-state index contributed by atoms with van der Waals surface area (Å²) < 4.78 is 43.1. The molecule has 0 fully saturated rings. The van der Waals surface area contributed by atoms with E-state index in [1.165, 1.54) is 12.1 Å². The summed E-state index contributed by atoms with van der Waals surface area (Å²) >= 11 is 0. The molecule has 0 saturated heterocycles. The number of benzene rings is 2. The minimum absolute atomic E-state index is 0.0656. The van der Waals surface area contributed by atoms with Crippen molar-refractivity contribution in [1.29, 1.82) is 0 Å².